The number of sulfonamides is 1. The molecule has 0 bridgehead atoms. The van der Waals surface area contributed by atoms with E-state index in [-0.39, 0.29) is 24.5 Å². The molecule has 0 N–H and O–H groups in total. The molecule has 0 unspecified atom stereocenters. The Hall–Kier alpha value is -2.18. The fraction of sp³-hybridized carbons (Fsp3) is 0.429. The summed E-state index contributed by atoms with van der Waals surface area (Å²) in [5, 5.41) is 8.74. The van der Waals surface area contributed by atoms with Crippen molar-refractivity contribution in [1.82, 2.24) is 4.31 Å². The molecule has 1 aromatic carbocycles. The van der Waals surface area contributed by atoms with Crippen LogP contribution in [0, 0.1) is 17.1 Å². The Morgan fingerprint density at radius 3 is 2.52 bits per heavy atom. The Morgan fingerprint density at radius 1 is 1.39 bits per heavy atom. The van der Waals surface area contributed by atoms with Crippen LogP contribution in [-0.2, 0) is 14.8 Å². The van der Waals surface area contributed by atoms with E-state index in [4.69, 9.17) is 14.7 Å². The molecular weight excluding hydrogens is 327 g/mol. The summed E-state index contributed by atoms with van der Waals surface area (Å²) >= 11 is 0. The summed E-state index contributed by atoms with van der Waals surface area (Å²) in [5.74, 6) is -2.14. The molecule has 0 amide bonds. The fourth-order valence-electron chi connectivity index (χ4n) is 1.86. The smallest absolute Gasteiger partial charge is 0.339 e. The average molecular weight is 344 g/mol. The van der Waals surface area contributed by atoms with E-state index in [2.05, 4.69) is 0 Å². The van der Waals surface area contributed by atoms with Crippen molar-refractivity contribution in [3.63, 3.8) is 0 Å². The number of carbonyl (C=O) groups excluding carboxylic acids is 1. The van der Waals surface area contributed by atoms with Crippen LogP contribution < -0.4 is 4.74 Å². The van der Waals surface area contributed by atoms with Gasteiger partial charge in [0.15, 0.2) is 11.6 Å². The molecule has 126 valence electrons. The number of nitriles is 1. The van der Waals surface area contributed by atoms with Crippen LogP contribution in [0.1, 0.15) is 24.2 Å². The van der Waals surface area contributed by atoms with Crippen LogP contribution in [-0.4, -0.2) is 45.5 Å². The second-order valence-corrected chi connectivity index (χ2v) is 6.20. The summed E-state index contributed by atoms with van der Waals surface area (Å²) in [7, 11) is -3.05. The molecule has 0 spiro atoms. The van der Waals surface area contributed by atoms with Gasteiger partial charge in [-0.2, -0.15) is 9.57 Å². The third-order valence-corrected chi connectivity index (χ3v) is 4.93. The van der Waals surface area contributed by atoms with Crippen LogP contribution in [0.3, 0.4) is 0 Å². The van der Waals surface area contributed by atoms with E-state index in [9.17, 15) is 17.6 Å². The maximum Gasteiger partial charge on any atom is 0.339 e. The monoisotopic (exact) mass is 344 g/mol. The molecule has 0 aliphatic carbocycles. The highest BCUT2D eigenvalue weighted by Crippen LogP contribution is 2.28. The fourth-order valence-corrected chi connectivity index (χ4v) is 3.38. The predicted octanol–water partition coefficient (Wildman–Crippen LogP) is 1.55. The SMILES string of the molecule is CCOC(=O)c1cc(OC)c(F)cc1S(=O)(=O)N(CC)CC#N. The van der Waals surface area contributed by atoms with Gasteiger partial charge in [-0.3, -0.25) is 0 Å². The lowest BCUT2D eigenvalue weighted by Gasteiger charge is -2.19. The topological polar surface area (TPSA) is 96.7 Å². The zero-order valence-electron chi connectivity index (χ0n) is 13.0. The quantitative estimate of drug-likeness (QED) is 0.550. The second kappa shape index (κ2) is 7.89. The van der Waals surface area contributed by atoms with Crippen molar-refractivity contribution in [2.75, 3.05) is 26.8 Å². The van der Waals surface area contributed by atoms with Gasteiger partial charge in [-0.1, -0.05) is 6.92 Å². The highest BCUT2D eigenvalue weighted by molar-refractivity contribution is 7.89. The predicted molar refractivity (Wildman–Crippen MR) is 79.0 cm³/mol. The molecule has 9 heteroatoms. The zero-order chi connectivity index (χ0) is 17.6. The first-order chi connectivity index (χ1) is 10.8. The van der Waals surface area contributed by atoms with E-state index in [1.165, 1.54) is 14.0 Å². The van der Waals surface area contributed by atoms with Crippen molar-refractivity contribution >= 4 is 16.0 Å². The lowest BCUT2D eigenvalue weighted by Crippen LogP contribution is -2.32. The number of rotatable bonds is 7. The zero-order valence-corrected chi connectivity index (χ0v) is 13.8. The number of methoxy groups -OCH3 is 1. The maximum absolute atomic E-state index is 13.9. The molecule has 1 rings (SSSR count). The molecular formula is C14H17FN2O5S. The Balaban J connectivity index is 3.58. The summed E-state index contributed by atoms with van der Waals surface area (Å²) in [4.78, 5) is 11.4. The van der Waals surface area contributed by atoms with Gasteiger partial charge in [0.25, 0.3) is 0 Å². The van der Waals surface area contributed by atoms with E-state index >= 15 is 0 Å². The highest BCUT2D eigenvalue weighted by Gasteiger charge is 2.30. The minimum atomic E-state index is -4.24. The van der Waals surface area contributed by atoms with Gasteiger partial charge < -0.3 is 9.47 Å². The first-order valence-corrected chi connectivity index (χ1v) is 8.19. The van der Waals surface area contributed by atoms with Gasteiger partial charge in [0.2, 0.25) is 10.0 Å². The first-order valence-electron chi connectivity index (χ1n) is 6.75. The number of hydrogen-bond donors (Lipinski definition) is 0. The number of nitrogens with zero attached hydrogens (tertiary/aromatic N) is 2. The Bertz CT molecular complexity index is 727. The molecule has 0 saturated heterocycles. The van der Waals surface area contributed by atoms with Gasteiger partial charge >= 0.3 is 5.97 Å². The summed E-state index contributed by atoms with van der Waals surface area (Å²) < 4.78 is 49.5. The summed E-state index contributed by atoms with van der Waals surface area (Å²) in [5.41, 5.74) is -0.346. The van der Waals surface area contributed by atoms with Gasteiger partial charge in [0.1, 0.15) is 6.54 Å². The summed E-state index contributed by atoms with van der Waals surface area (Å²) in [6, 6.07) is 3.39. The number of esters is 1. The average Bonchev–Trinajstić information content (AvgIpc) is 2.52. The standard InChI is InChI=1S/C14H17FN2O5S/c1-4-17(7-6-16)23(19,20)13-9-11(15)12(21-3)8-10(13)14(18)22-5-2/h8-9H,4-5,7H2,1-3H3. The van der Waals surface area contributed by atoms with Crippen molar-refractivity contribution in [1.29, 1.82) is 5.26 Å². The van der Waals surface area contributed by atoms with Crippen molar-refractivity contribution in [2.45, 2.75) is 18.7 Å². The number of ether oxygens (including phenoxy) is 2. The van der Waals surface area contributed by atoms with Gasteiger partial charge in [0, 0.05) is 6.54 Å². The largest absolute Gasteiger partial charge is 0.494 e. The lowest BCUT2D eigenvalue weighted by molar-refractivity contribution is 0.0521. The van der Waals surface area contributed by atoms with Crippen LogP contribution in [0.25, 0.3) is 0 Å². The number of hydrogen-bond acceptors (Lipinski definition) is 6. The van der Waals surface area contributed by atoms with E-state index in [0.717, 1.165) is 10.4 Å². The Morgan fingerprint density at radius 2 is 2.04 bits per heavy atom. The van der Waals surface area contributed by atoms with Crippen molar-refractivity contribution in [2.24, 2.45) is 0 Å². The normalized spacial score (nSPS) is 11.1. The molecule has 0 aliphatic rings. The molecule has 0 fully saturated rings. The molecule has 23 heavy (non-hydrogen) atoms. The van der Waals surface area contributed by atoms with E-state index in [0.29, 0.717) is 6.07 Å². The van der Waals surface area contributed by atoms with E-state index in [1.807, 2.05) is 0 Å². The highest BCUT2D eigenvalue weighted by atomic mass is 32.2. The van der Waals surface area contributed by atoms with Gasteiger partial charge in [-0.15, -0.1) is 0 Å². The third-order valence-electron chi connectivity index (χ3n) is 2.97. The molecule has 0 atom stereocenters. The number of halogens is 1. The molecule has 0 saturated carbocycles. The van der Waals surface area contributed by atoms with Gasteiger partial charge in [-0.25, -0.2) is 17.6 Å². The van der Waals surface area contributed by atoms with Gasteiger partial charge in [0.05, 0.1) is 30.2 Å². The number of carbonyl (C=O) groups is 1. The summed E-state index contributed by atoms with van der Waals surface area (Å²) in [6.45, 7) is 2.67. The number of benzene rings is 1. The Labute approximate surface area is 134 Å². The van der Waals surface area contributed by atoms with Crippen LogP contribution in [0.5, 0.6) is 5.75 Å². The van der Waals surface area contributed by atoms with Crippen LogP contribution in [0.2, 0.25) is 0 Å². The van der Waals surface area contributed by atoms with Crippen molar-refractivity contribution in [3.8, 4) is 11.8 Å². The maximum atomic E-state index is 13.9. The molecule has 0 heterocycles. The molecule has 1 aromatic rings. The minimum absolute atomic E-state index is 0.00813. The summed E-state index contributed by atoms with van der Waals surface area (Å²) in [6.07, 6.45) is 0. The van der Waals surface area contributed by atoms with Crippen molar-refractivity contribution in [3.05, 3.63) is 23.5 Å². The lowest BCUT2D eigenvalue weighted by atomic mass is 10.2. The minimum Gasteiger partial charge on any atom is -0.494 e. The molecule has 0 aromatic heterocycles. The van der Waals surface area contributed by atoms with Crippen LogP contribution in [0.15, 0.2) is 17.0 Å². The van der Waals surface area contributed by atoms with Crippen molar-refractivity contribution < 1.29 is 27.1 Å². The molecule has 0 radical (unpaired) electrons. The van der Waals surface area contributed by atoms with Gasteiger partial charge in [-0.05, 0) is 19.1 Å². The third kappa shape index (κ3) is 3.97. The van der Waals surface area contributed by atoms with E-state index in [1.54, 1.807) is 13.0 Å². The first kappa shape index (κ1) is 18.9. The molecule has 0 aliphatic heterocycles. The second-order valence-electron chi connectivity index (χ2n) is 4.29. The van der Waals surface area contributed by atoms with Crippen LogP contribution >= 0.6 is 0 Å². The Kier molecular flexibility index (Phi) is 6.48. The molecule has 7 nitrogen and oxygen atoms in total. The van der Waals surface area contributed by atoms with E-state index < -0.39 is 33.3 Å². The van der Waals surface area contributed by atoms with Crippen LogP contribution in [0.4, 0.5) is 4.39 Å².